The van der Waals surface area contributed by atoms with E-state index in [-0.39, 0.29) is 29.6 Å². The Bertz CT molecular complexity index is 820. The highest BCUT2D eigenvalue weighted by Gasteiger charge is 2.45. The van der Waals surface area contributed by atoms with Crippen LogP contribution >= 0.6 is 0 Å². The number of urea groups is 1. The van der Waals surface area contributed by atoms with Crippen LogP contribution in [0, 0.1) is 11.7 Å². The first-order valence-corrected chi connectivity index (χ1v) is 8.39. The van der Waals surface area contributed by atoms with Crippen LogP contribution in [0.25, 0.3) is 0 Å². The molecule has 0 bridgehead atoms. The number of amides is 3. The van der Waals surface area contributed by atoms with E-state index in [0.717, 1.165) is 0 Å². The molecular formula is C20H20FN3O2. The molecule has 134 valence electrons. The second kappa shape index (κ2) is 7.82. The van der Waals surface area contributed by atoms with Crippen LogP contribution in [0.1, 0.15) is 17.9 Å². The quantitative estimate of drug-likeness (QED) is 0.690. The van der Waals surface area contributed by atoms with Crippen molar-refractivity contribution < 1.29 is 14.0 Å². The van der Waals surface area contributed by atoms with Gasteiger partial charge in [0.05, 0.1) is 0 Å². The second-order valence-electron chi connectivity index (χ2n) is 6.16. The van der Waals surface area contributed by atoms with Gasteiger partial charge in [0.25, 0.3) is 0 Å². The molecule has 0 aliphatic heterocycles. The molecule has 2 aromatic carbocycles. The molecule has 1 aliphatic rings. The van der Waals surface area contributed by atoms with E-state index in [9.17, 15) is 14.0 Å². The van der Waals surface area contributed by atoms with Crippen molar-refractivity contribution in [3.8, 4) is 0 Å². The first kappa shape index (κ1) is 17.7. The molecule has 5 nitrogen and oxygen atoms in total. The molecule has 3 rings (SSSR count). The molecule has 26 heavy (non-hydrogen) atoms. The van der Waals surface area contributed by atoms with Gasteiger partial charge in [0.2, 0.25) is 5.91 Å². The lowest BCUT2D eigenvalue weighted by Crippen LogP contribution is -2.28. The normalized spacial score (nSPS) is 17.9. The zero-order chi connectivity index (χ0) is 18.5. The molecule has 0 aromatic heterocycles. The minimum Gasteiger partial charge on any atom is -0.334 e. The van der Waals surface area contributed by atoms with Gasteiger partial charge in [-0.25, -0.2) is 9.18 Å². The van der Waals surface area contributed by atoms with Gasteiger partial charge in [-0.05, 0) is 48.2 Å². The van der Waals surface area contributed by atoms with Crippen molar-refractivity contribution in [3.05, 3.63) is 72.6 Å². The third-order valence-electron chi connectivity index (χ3n) is 4.25. The van der Waals surface area contributed by atoms with Gasteiger partial charge >= 0.3 is 6.03 Å². The van der Waals surface area contributed by atoms with Crippen LogP contribution in [0.4, 0.5) is 20.6 Å². The molecule has 2 unspecified atom stereocenters. The predicted octanol–water partition coefficient (Wildman–Crippen LogP) is 3.88. The highest BCUT2D eigenvalue weighted by atomic mass is 19.1. The molecule has 1 fully saturated rings. The SMILES string of the molecule is C=CCNC(=O)Nc1ccc(NC(=O)C2CC2c2ccccc2F)cc1. The predicted molar refractivity (Wildman–Crippen MR) is 99.5 cm³/mol. The van der Waals surface area contributed by atoms with E-state index in [2.05, 4.69) is 22.5 Å². The fourth-order valence-electron chi connectivity index (χ4n) is 2.82. The number of carbonyl (C=O) groups is 2. The van der Waals surface area contributed by atoms with Gasteiger partial charge in [-0.3, -0.25) is 4.79 Å². The number of rotatable bonds is 6. The van der Waals surface area contributed by atoms with E-state index in [1.165, 1.54) is 6.07 Å². The molecule has 6 heteroatoms. The van der Waals surface area contributed by atoms with Crippen LogP contribution in [0.5, 0.6) is 0 Å². The summed E-state index contributed by atoms with van der Waals surface area (Å²) in [5, 5.41) is 8.12. The minimum atomic E-state index is -0.326. The first-order valence-electron chi connectivity index (χ1n) is 8.39. The van der Waals surface area contributed by atoms with Gasteiger partial charge in [0.1, 0.15) is 5.82 Å². The van der Waals surface area contributed by atoms with Crippen molar-refractivity contribution in [1.29, 1.82) is 0 Å². The Morgan fingerprint density at radius 2 is 1.73 bits per heavy atom. The molecule has 3 amide bonds. The maximum absolute atomic E-state index is 13.8. The number of carbonyl (C=O) groups excluding carboxylic acids is 2. The van der Waals surface area contributed by atoms with Crippen molar-refractivity contribution in [3.63, 3.8) is 0 Å². The van der Waals surface area contributed by atoms with Crippen molar-refractivity contribution in [2.45, 2.75) is 12.3 Å². The van der Waals surface area contributed by atoms with Crippen molar-refractivity contribution in [2.75, 3.05) is 17.2 Å². The van der Waals surface area contributed by atoms with Gasteiger partial charge in [0.15, 0.2) is 0 Å². The Kier molecular flexibility index (Phi) is 5.31. The molecule has 0 spiro atoms. The Balaban J connectivity index is 1.53. The molecule has 0 heterocycles. The molecule has 0 radical (unpaired) electrons. The molecular weight excluding hydrogens is 333 g/mol. The van der Waals surface area contributed by atoms with Crippen LogP contribution < -0.4 is 16.0 Å². The van der Waals surface area contributed by atoms with Gasteiger partial charge in [-0.15, -0.1) is 6.58 Å². The molecule has 2 aromatic rings. The van der Waals surface area contributed by atoms with E-state index >= 15 is 0 Å². The van der Waals surface area contributed by atoms with Crippen LogP contribution in [-0.4, -0.2) is 18.5 Å². The second-order valence-corrected chi connectivity index (χ2v) is 6.16. The van der Waals surface area contributed by atoms with Gasteiger partial charge in [-0.1, -0.05) is 24.3 Å². The third kappa shape index (κ3) is 4.27. The summed E-state index contributed by atoms with van der Waals surface area (Å²) in [6.45, 7) is 3.90. The largest absolute Gasteiger partial charge is 0.334 e. The van der Waals surface area contributed by atoms with E-state index in [1.54, 1.807) is 48.5 Å². The fourth-order valence-corrected chi connectivity index (χ4v) is 2.82. The van der Waals surface area contributed by atoms with Crippen molar-refractivity contribution in [1.82, 2.24) is 5.32 Å². The van der Waals surface area contributed by atoms with Crippen LogP contribution in [0.2, 0.25) is 0 Å². The minimum absolute atomic E-state index is 0.0642. The number of hydrogen-bond acceptors (Lipinski definition) is 2. The highest BCUT2D eigenvalue weighted by Crippen LogP contribution is 2.48. The molecule has 0 saturated heterocycles. The summed E-state index contributed by atoms with van der Waals surface area (Å²) in [5.41, 5.74) is 1.84. The molecule has 1 saturated carbocycles. The van der Waals surface area contributed by atoms with E-state index in [1.807, 2.05) is 0 Å². The number of nitrogens with one attached hydrogen (secondary N) is 3. The average molecular weight is 353 g/mol. The molecule has 3 N–H and O–H groups in total. The summed E-state index contributed by atoms with van der Waals surface area (Å²) in [6.07, 6.45) is 2.24. The first-order chi connectivity index (χ1) is 12.6. The van der Waals surface area contributed by atoms with Crippen molar-refractivity contribution >= 4 is 23.3 Å². The van der Waals surface area contributed by atoms with Crippen LogP contribution in [0.3, 0.4) is 0 Å². The smallest absolute Gasteiger partial charge is 0.319 e. The lowest BCUT2D eigenvalue weighted by atomic mass is 10.1. The van der Waals surface area contributed by atoms with Crippen LogP contribution in [0.15, 0.2) is 61.2 Å². The zero-order valence-electron chi connectivity index (χ0n) is 14.2. The van der Waals surface area contributed by atoms with Gasteiger partial charge in [0, 0.05) is 23.8 Å². The van der Waals surface area contributed by atoms with Gasteiger partial charge < -0.3 is 16.0 Å². The summed E-state index contributed by atoms with van der Waals surface area (Å²) >= 11 is 0. The number of benzene rings is 2. The Labute approximate surface area is 151 Å². The Morgan fingerprint density at radius 1 is 1.08 bits per heavy atom. The summed E-state index contributed by atoms with van der Waals surface area (Å²) in [5.74, 6) is -0.666. The summed E-state index contributed by atoms with van der Waals surface area (Å²) in [7, 11) is 0. The molecule has 1 aliphatic carbocycles. The summed E-state index contributed by atoms with van der Waals surface area (Å²) < 4.78 is 13.8. The zero-order valence-corrected chi connectivity index (χ0v) is 14.2. The lowest BCUT2D eigenvalue weighted by Gasteiger charge is -2.08. The Morgan fingerprint density at radius 3 is 2.38 bits per heavy atom. The number of anilines is 2. The maximum atomic E-state index is 13.8. The summed E-state index contributed by atoms with van der Waals surface area (Å²) in [4.78, 5) is 23.9. The van der Waals surface area contributed by atoms with Gasteiger partial charge in [-0.2, -0.15) is 0 Å². The maximum Gasteiger partial charge on any atom is 0.319 e. The standard InChI is InChI=1S/C20H20FN3O2/c1-2-11-22-20(26)24-14-9-7-13(8-10-14)23-19(25)17-12-16(17)15-5-3-4-6-18(15)21/h2-10,16-17H,1,11-12H2,(H,23,25)(H2,22,24,26). The third-order valence-corrected chi connectivity index (χ3v) is 4.25. The topological polar surface area (TPSA) is 70.2 Å². The fraction of sp³-hybridized carbons (Fsp3) is 0.200. The highest BCUT2D eigenvalue weighted by molar-refractivity contribution is 5.95. The van der Waals surface area contributed by atoms with Crippen molar-refractivity contribution in [2.24, 2.45) is 5.92 Å². The monoisotopic (exact) mass is 353 g/mol. The van der Waals surface area contributed by atoms with E-state index in [0.29, 0.717) is 29.9 Å². The summed E-state index contributed by atoms with van der Waals surface area (Å²) in [6, 6.07) is 13.1. The molecule has 2 atom stereocenters. The van der Waals surface area contributed by atoms with E-state index < -0.39 is 0 Å². The van der Waals surface area contributed by atoms with E-state index in [4.69, 9.17) is 0 Å². The lowest BCUT2D eigenvalue weighted by molar-refractivity contribution is -0.117. The Hall–Kier alpha value is -3.15. The average Bonchev–Trinajstić information content (AvgIpc) is 3.43. The number of hydrogen-bond donors (Lipinski definition) is 3. The van der Waals surface area contributed by atoms with Crippen LogP contribution in [-0.2, 0) is 4.79 Å². The number of halogens is 1.